The Morgan fingerprint density at radius 3 is 2.58 bits per heavy atom. The van der Waals surface area contributed by atoms with E-state index in [1.165, 1.54) is 56.0 Å². The first-order chi connectivity index (χ1) is 11.7. The van der Waals surface area contributed by atoms with E-state index in [-0.39, 0.29) is 5.12 Å². The third-order valence-corrected chi connectivity index (χ3v) is 9.06. The Labute approximate surface area is 155 Å². The van der Waals surface area contributed by atoms with Crippen molar-refractivity contribution in [1.82, 2.24) is 0 Å². The molecule has 0 N–H and O–H groups in total. The molecule has 0 heterocycles. The predicted octanol–water partition coefficient (Wildman–Crippen LogP) is 4.72. The number of rotatable bonds is 8. The van der Waals surface area contributed by atoms with Crippen LogP contribution >= 0.6 is 23.5 Å². The molecule has 2 nitrogen and oxygen atoms in total. The lowest BCUT2D eigenvalue weighted by molar-refractivity contribution is -0.109. The number of fused-ring (bicyclic) bond motifs is 9. The van der Waals surface area contributed by atoms with E-state index in [1.54, 1.807) is 6.92 Å². The molecule has 4 heteroatoms. The average Bonchev–Trinajstić information content (AvgIpc) is 3.28. The van der Waals surface area contributed by atoms with Crippen molar-refractivity contribution >= 4 is 28.6 Å². The lowest BCUT2D eigenvalue weighted by atomic mass is 9.66. The first kappa shape index (κ1) is 17.7. The number of hydrogen-bond acceptors (Lipinski definition) is 4. The van der Waals surface area contributed by atoms with E-state index in [9.17, 15) is 4.79 Å². The standard InChI is InChI=1S/C20H32O2S2/c1-12(21)24-7-4-13-8-14-9-16(13)19-15-10-17(20(14)19)18(11-15)22-5-3-6-23-2/h13-20H,3-11H2,1-2H3. The molecule has 8 unspecified atom stereocenters. The van der Waals surface area contributed by atoms with Crippen LogP contribution in [0.5, 0.6) is 0 Å². The minimum atomic E-state index is 0.289. The molecule has 4 aliphatic rings. The second kappa shape index (κ2) is 7.52. The van der Waals surface area contributed by atoms with Crippen LogP contribution < -0.4 is 0 Å². The van der Waals surface area contributed by atoms with E-state index in [2.05, 4.69) is 6.26 Å². The van der Waals surface area contributed by atoms with Crippen molar-refractivity contribution in [1.29, 1.82) is 0 Å². The summed E-state index contributed by atoms with van der Waals surface area (Å²) in [5.41, 5.74) is 0. The Morgan fingerprint density at radius 2 is 1.79 bits per heavy atom. The molecule has 0 aliphatic heterocycles. The molecule has 0 radical (unpaired) electrons. The molecule has 136 valence electrons. The van der Waals surface area contributed by atoms with Crippen molar-refractivity contribution in [2.45, 2.75) is 51.6 Å². The van der Waals surface area contributed by atoms with Crippen LogP contribution in [0.15, 0.2) is 0 Å². The summed E-state index contributed by atoms with van der Waals surface area (Å²) in [5, 5.41) is 0.289. The van der Waals surface area contributed by atoms with Gasteiger partial charge in [0.2, 0.25) is 0 Å². The second-order valence-electron chi connectivity index (χ2n) is 8.59. The number of ether oxygens (including phenoxy) is 1. The monoisotopic (exact) mass is 368 g/mol. The normalized spacial score (nSPS) is 45.1. The molecule has 4 fully saturated rings. The molecule has 0 saturated heterocycles. The summed E-state index contributed by atoms with van der Waals surface area (Å²) < 4.78 is 6.32. The van der Waals surface area contributed by atoms with Gasteiger partial charge in [0, 0.05) is 19.3 Å². The van der Waals surface area contributed by atoms with Crippen molar-refractivity contribution in [3.05, 3.63) is 0 Å². The molecule has 0 aromatic carbocycles. The summed E-state index contributed by atoms with van der Waals surface area (Å²) >= 11 is 3.47. The van der Waals surface area contributed by atoms with E-state index >= 15 is 0 Å². The van der Waals surface area contributed by atoms with E-state index in [0.717, 1.165) is 53.8 Å². The van der Waals surface area contributed by atoms with Gasteiger partial charge < -0.3 is 4.74 Å². The van der Waals surface area contributed by atoms with Crippen molar-refractivity contribution in [3.63, 3.8) is 0 Å². The minimum absolute atomic E-state index is 0.289. The van der Waals surface area contributed by atoms with Gasteiger partial charge in [-0.3, -0.25) is 4.79 Å². The Morgan fingerprint density at radius 1 is 1.04 bits per heavy atom. The largest absolute Gasteiger partial charge is 0.378 e. The molecule has 8 atom stereocenters. The molecular weight excluding hydrogens is 336 g/mol. The van der Waals surface area contributed by atoms with Gasteiger partial charge in [0.25, 0.3) is 0 Å². The zero-order chi connectivity index (χ0) is 16.7. The Bertz CT molecular complexity index is 469. The lowest BCUT2D eigenvalue weighted by Gasteiger charge is -2.41. The Balaban J connectivity index is 1.30. The van der Waals surface area contributed by atoms with E-state index in [1.807, 2.05) is 11.8 Å². The molecule has 24 heavy (non-hydrogen) atoms. The maximum atomic E-state index is 11.2. The number of carbonyl (C=O) groups is 1. The van der Waals surface area contributed by atoms with Crippen molar-refractivity contribution in [2.75, 3.05) is 24.4 Å². The van der Waals surface area contributed by atoms with Crippen LogP contribution in [-0.2, 0) is 9.53 Å². The fraction of sp³-hybridized carbons (Fsp3) is 0.950. The summed E-state index contributed by atoms with van der Waals surface area (Å²) in [7, 11) is 0. The van der Waals surface area contributed by atoms with Crippen LogP contribution in [0.25, 0.3) is 0 Å². The van der Waals surface area contributed by atoms with E-state index < -0.39 is 0 Å². The Hall–Kier alpha value is 0.330. The third-order valence-electron chi connectivity index (χ3n) is 7.51. The smallest absolute Gasteiger partial charge is 0.185 e. The quantitative estimate of drug-likeness (QED) is 0.457. The summed E-state index contributed by atoms with van der Waals surface area (Å²) in [4.78, 5) is 11.2. The first-order valence-corrected chi connectivity index (χ1v) is 12.3. The van der Waals surface area contributed by atoms with Gasteiger partial charge >= 0.3 is 0 Å². The highest BCUT2D eigenvalue weighted by Crippen LogP contribution is 2.69. The molecule has 0 spiro atoms. The highest BCUT2D eigenvalue weighted by molar-refractivity contribution is 8.13. The Kier molecular flexibility index (Phi) is 5.56. The molecule has 0 aromatic rings. The van der Waals surface area contributed by atoms with Gasteiger partial charge in [0.05, 0.1) is 6.10 Å². The molecule has 4 saturated carbocycles. The second-order valence-corrected chi connectivity index (χ2v) is 10.8. The summed E-state index contributed by atoms with van der Waals surface area (Å²) in [6, 6.07) is 0. The summed E-state index contributed by atoms with van der Waals surface area (Å²) in [6.45, 7) is 2.68. The van der Waals surface area contributed by atoms with Gasteiger partial charge in [-0.25, -0.2) is 0 Å². The van der Waals surface area contributed by atoms with Gasteiger partial charge in [-0.05, 0) is 92.0 Å². The van der Waals surface area contributed by atoms with Crippen LogP contribution in [0.1, 0.15) is 45.4 Å². The van der Waals surface area contributed by atoms with Gasteiger partial charge in [-0.2, -0.15) is 11.8 Å². The molecular formula is C20H32O2S2. The van der Waals surface area contributed by atoms with Crippen LogP contribution in [0.2, 0.25) is 0 Å². The topological polar surface area (TPSA) is 26.3 Å². The lowest BCUT2D eigenvalue weighted by Crippen LogP contribution is -2.39. The number of carbonyl (C=O) groups excluding carboxylic acids is 1. The van der Waals surface area contributed by atoms with E-state index in [0.29, 0.717) is 6.10 Å². The van der Waals surface area contributed by atoms with Crippen molar-refractivity contribution in [3.8, 4) is 0 Å². The van der Waals surface area contributed by atoms with Gasteiger partial charge in [-0.1, -0.05) is 11.8 Å². The molecule has 4 aliphatic carbocycles. The zero-order valence-corrected chi connectivity index (χ0v) is 16.7. The third kappa shape index (κ3) is 3.20. The number of thioether (sulfide) groups is 2. The maximum Gasteiger partial charge on any atom is 0.185 e. The summed E-state index contributed by atoms with van der Waals surface area (Å²) in [5.74, 6) is 9.04. The van der Waals surface area contributed by atoms with Crippen LogP contribution in [0, 0.1) is 41.4 Å². The summed E-state index contributed by atoms with van der Waals surface area (Å²) in [6.07, 6.45) is 11.0. The fourth-order valence-electron chi connectivity index (χ4n) is 6.99. The zero-order valence-electron chi connectivity index (χ0n) is 15.1. The molecule has 0 amide bonds. The maximum absolute atomic E-state index is 11.2. The van der Waals surface area contributed by atoms with Gasteiger partial charge in [-0.15, -0.1) is 0 Å². The van der Waals surface area contributed by atoms with Crippen molar-refractivity contribution in [2.24, 2.45) is 41.4 Å². The van der Waals surface area contributed by atoms with Crippen molar-refractivity contribution < 1.29 is 9.53 Å². The average molecular weight is 369 g/mol. The minimum Gasteiger partial charge on any atom is -0.378 e. The first-order valence-electron chi connectivity index (χ1n) is 9.93. The predicted molar refractivity (Wildman–Crippen MR) is 103 cm³/mol. The van der Waals surface area contributed by atoms with Gasteiger partial charge in [0.15, 0.2) is 5.12 Å². The SMILES string of the molecule is CSCCCOC1CC2CC1C1C3CC(CCSC(C)=O)C(C3)C21. The van der Waals surface area contributed by atoms with E-state index in [4.69, 9.17) is 4.74 Å². The fourth-order valence-corrected chi connectivity index (χ4v) is 8.11. The van der Waals surface area contributed by atoms with Gasteiger partial charge in [0.1, 0.15) is 0 Å². The molecule has 0 aromatic heterocycles. The molecule has 4 bridgehead atoms. The van der Waals surface area contributed by atoms with Crippen LogP contribution in [0.4, 0.5) is 0 Å². The number of hydrogen-bond donors (Lipinski definition) is 0. The van der Waals surface area contributed by atoms with Crippen LogP contribution in [-0.4, -0.2) is 35.6 Å². The molecule has 4 rings (SSSR count). The highest BCUT2D eigenvalue weighted by atomic mass is 32.2. The highest BCUT2D eigenvalue weighted by Gasteiger charge is 2.64. The van der Waals surface area contributed by atoms with Crippen LogP contribution in [0.3, 0.4) is 0 Å².